The minimum absolute atomic E-state index is 0.137. The molecule has 1 aromatic heterocycles. The molecule has 10 heteroatoms. The number of halogens is 2. The third kappa shape index (κ3) is 3.24. The number of carbonyl (C=O) groups excluding carboxylic acids is 2. The van der Waals surface area contributed by atoms with E-state index in [1.165, 1.54) is 22.3 Å². The molecule has 2 fully saturated rings. The number of carbonyl (C=O) groups is 2. The van der Waals surface area contributed by atoms with E-state index in [9.17, 15) is 19.1 Å². The Kier molecular flexibility index (Phi) is 4.67. The molecule has 0 unspecified atom stereocenters. The van der Waals surface area contributed by atoms with Crippen LogP contribution in [0.5, 0.6) is 5.75 Å². The van der Waals surface area contributed by atoms with Gasteiger partial charge in [0.15, 0.2) is 11.6 Å². The molecular formula is C21H16ClFN4O3S. The molecule has 1 aliphatic carbocycles. The number of phenols is 1. The number of amides is 3. The van der Waals surface area contributed by atoms with Crippen LogP contribution >= 0.6 is 22.9 Å². The van der Waals surface area contributed by atoms with Gasteiger partial charge in [-0.1, -0.05) is 53.3 Å². The summed E-state index contributed by atoms with van der Waals surface area (Å²) >= 11 is 7.21. The molecule has 1 aliphatic heterocycles. The summed E-state index contributed by atoms with van der Waals surface area (Å²) in [6.45, 7) is 0.362. The number of benzene rings is 2. The number of hydrogen-bond acceptors (Lipinski definition) is 6. The van der Waals surface area contributed by atoms with Crippen LogP contribution in [0.3, 0.4) is 0 Å². The summed E-state index contributed by atoms with van der Waals surface area (Å²) in [6, 6.07) is 11.5. The van der Waals surface area contributed by atoms with Crippen molar-refractivity contribution in [3.05, 3.63) is 63.9 Å². The first-order valence-electron chi connectivity index (χ1n) is 9.58. The van der Waals surface area contributed by atoms with Crippen molar-refractivity contribution in [1.29, 1.82) is 0 Å². The summed E-state index contributed by atoms with van der Waals surface area (Å²) in [7, 11) is 0. The second kappa shape index (κ2) is 7.28. The lowest BCUT2D eigenvalue weighted by Gasteiger charge is -2.19. The highest BCUT2D eigenvalue weighted by Crippen LogP contribution is 2.49. The molecule has 2 aromatic carbocycles. The summed E-state index contributed by atoms with van der Waals surface area (Å²) in [6.07, 6.45) is 1.23. The van der Waals surface area contributed by atoms with Crippen molar-refractivity contribution in [2.75, 3.05) is 0 Å². The van der Waals surface area contributed by atoms with Gasteiger partial charge in [0.1, 0.15) is 15.6 Å². The zero-order valence-electron chi connectivity index (χ0n) is 16.1. The van der Waals surface area contributed by atoms with E-state index >= 15 is 0 Å². The molecule has 1 spiro atoms. The number of aromatic hydroxyl groups is 1. The van der Waals surface area contributed by atoms with Gasteiger partial charge in [-0.15, -0.1) is 10.2 Å². The fourth-order valence-electron chi connectivity index (χ4n) is 3.78. The predicted molar refractivity (Wildman–Crippen MR) is 112 cm³/mol. The maximum atomic E-state index is 13.5. The quantitative estimate of drug-likeness (QED) is 0.579. The van der Waals surface area contributed by atoms with Crippen LogP contribution in [0.1, 0.15) is 23.4 Å². The summed E-state index contributed by atoms with van der Waals surface area (Å²) in [5.74, 6) is -1.66. The van der Waals surface area contributed by atoms with Crippen LogP contribution in [0.2, 0.25) is 5.02 Å². The number of phenolic OH excluding ortho intramolecular Hbond substituents is 1. The molecule has 3 aromatic rings. The van der Waals surface area contributed by atoms with Crippen molar-refractivity contribution in [2.45, 2.75) is 31.5 Å². The number of imide groups is 1. The van der Waals surface area contributed by atoms with Crippen molar-refractivity contribution < 1.29 is 19.1 Å². The van der Waals surface area contributed by atoms with Crippen molar-refractivity contribution in [3.8, 4) is 16.3 Å². The van der Waals surface area contributed by atoms with E-state index < -0.39 is 17.1 Å². The molecule has 2 heterocycles. The maximum absolute atomic E-state index is 13.5. The Morgan fingerprint density at radius 1 is 1.10 bits per heavy atom. The van der Waals surface area contributed by atoms with E-state index in [2.05, 4.69) is 10.2 Å². The Bertz CT molecular complexity index is 1200. The summed E-state index contributed by atoms with van der Waals surface area (Å²) in [5.41, 5.74) is 0.425. The van der Waals surface area contributed by atoms with Crippen LogP contribution in [0.25, 0.3) is 10.6 Å². The predicted octanol–water partition coefficient (Wildman–Crippen LogP) is 4.20. The van der Waals surface area contributed by atoms with E-state index in [0.29, 0.717) is 28.4 Å². The molecule has 31 heavy (non-hydrogen) atoms. The van der Waals surface area contributed by atoms with Crippen molar-refractivity contribution >= 4 is 34.9 Å². The minimum Gasteiger partial charge on any atom is -0.504 e. The van der Waals surface area contributed by atoms with Crippen LogP contribution in [0, 0.1) is 5.82 Å². The first kappa shape index (κ1) is 19.9. The molecule has 0 radical (unpaired) electrons. The molecule has 0 bridgehead atoms. The van der Waals surface area contributed by atoms with Gasteiger partial charge in [0, 0.05) is 5.56 Å². The fourth-order valence-corrected chi connectivity index (χ4v) is 4.94. The number of nitrogens with zero attached hydrogens (tertiary/aromatic N) is 4. The van der Waals surface area contributed by atoms with E-state index in [1.54, 1.807) is 4.90 Å². The van der Waals surface area contributed by atoms with Gasteiger partial charge in [-0.25, -0.2) is 9.18 Å². The zero-order valence-corrected chi connectivity index (χ0v) is 17.7. The van der Waals surface area contributed by atoms with E-state index in [0.717, 1.165) is 11.6 Å². The van der Waals surface area contributed by atoms with Crippen molar-refractivity contribution in [1.82, 2.24) is 20.0 Å². The van der Waals surface area contributed by atoms with Gasteiger partial charge < -0.3 is 10.0 Å². The molecule has 1 saturated carbocycles. The molecule has 2 aliphatic rings. The lowest BCUT2D eigenvalue weighted by Crippen LogP contribution is -2.36. The average Bonchev–Trinajstić information content (AvgIpc) is 3.41. The number of rotatable bonds is 5. The third-order valence-corrected chi connectivity index (χ3v) is 6.91. The second-order valence-electron chi connectivity index (χ2n) is 7.54. The highest BCUT2D eigenvalue weighted by atomic mass is 35.5. The zero-order chi connectivity index (χ0) is 21.8. The lowest BCUT2D eigenvalue weighted by atomic mass is 10.2. The van der Waals surface area contributed by atoms with Gasteiger partial charge in [0.05, 0.1) is 18.1 Å². The SMILES string of the molecule is O=C1N(Cc2ccccc2)C(=O)C2(CC2)N1Cc1nnc(-c2ccc(F)c(O)c2Cl)s1. The molecule has 1 N–H and O–H groups in total. The maximum Gasteiger partial charge on any atom is 0.328 e. The topological polar surface area (TPSA) is 86.6 Å². The standard InChI is InChI=1S/C21H16ClFN4O3S/c22-16-13(6-7-14(23)17(16)28)18-25-24-15(31-18)11-27-20(30)26(19(29)21(27)8-9-21)10-12-4-2-1-3-5-12/h1-7,28H,8-11H2. The van der Waals surface area contributed by atoms with Crippen LogP contribution in [-0.2, 0) is 17.9 Å². The Hall–Kier alpha value is -3.04. The number of hydrogen-bond donors (Lipinski definition) is 1. The van der Waals surface area contributed by atoms with Crippen molar-refractivity contribution in [2.24, 2.45) is 0 Å². The van der Waals surface area contributed by atoms with Crippen LogP contribution in [-0.4, -0.2) is 42.6 Å². The van der Waals surface area contributed by atoms with Crippen LogP contribution in [0.4, 0.5) is 9.18 Å². The van der Waals surface area contributed by atoms with Crippen LogP contribution < -0.4 is 0 Å². The normalized spacial score (nSPS) is 17.1. The molecule has 3 amide bonds. The van der Waals surface area contributed by atoms with Gasteiger partial charge in [0.25, 0.3) is 5.91 Å². The highest BCUT2D eigenvalue weighted by molar-refractivity contribution is 7.14. The first-order valence-corrected chi connectivity index (χ1v) is 10.8. The van der Waals surface area contributed by atoms with Gasteiger partial charge in [0.2, 0.25) is 0 Å². The minimum atomic E-state index is -0.825. The van der Waals surface area contributed by atoms with E-state index in [-0.39, 0.29) is 30.1 Å². The Labute approximate surface area is 185 Å². The van der Waals surface area contributed by atoms with Gasteiger partial charge in [-0.2, -0.15) is 0 Å². The summed E-state index contributed by atoms with van der Waals surface area (Å²) in [5, 5.41) is 18.7. The van der Waals surface area contributed by atoms with Crippen molar-refractivity contribution in [3.63, 3.8) is 0 Å². The molecule has 158 valence electrons. The van der Waals surface area contributed by atoms with Gasteiger partial charge >= 0.3 is 6.03 Å². The molecule has 7 nitrogen and oxygen atoms in total. The summed E-state index contributed by atoms with van der Waals surface area (Å²) in [4.78, 5) is 28.9. The largest absolute Gasteiger partial charge is 0.504 e. The van der Waals surface area contributed by atoms with E-state index in [4.69, 9.17) is 11.6 Å². The second-order valence-corrected chi connectivity index (χ2v) is 8.98. The smallest absolute Gasteiger partial charge is 0.328 e. The Balaban J connectivity index is 1.39. The molecular weight excluding hydrogens is 443 g/mol. The fraction of sp³-hybridized carbons (Fsp3) is 0.238. The molecule has 5 rings (SSSR count). The monoisotopic (exact) mass is 458 g/mol. The first-order chi connectivity index (χ1) is 14.9. The Morgan fingerprint density at radius 2 is 1.84 bits per heavy atom. The average molecular weight is 459 g/mol. The van der Waals surface area contributed by atoms with Crippen LogP contribution in [0.15, 0.2) is 42.5 Å². The molecule has 1 saturated heterocycles. The lowest BCUT2D eigenvalue weighted by molar-refractivity contribution is -0.129. The van der Waals surface area contributed by atoms with Gasteiger partial charge in [-0.3, -0.25) is 9.69 Å². The van der Waals surface area contributed by atoms with E-state index in [1.807, 2.05) is 30.3 Å². The number of aromatic nitrogens is 2. The highest BCUT2D eigenvalue weighted by Gasteiger charge is 2.64. The summed E-state index contributed by atoms with van der Waals surface area (Å²) < 4.78 is 13.5. The van der Waals surface area contributed by atoms with Gasteiger partial charge in [-0.05, 0) is 30.5 Å². The molecule has 0 atom stereocenters. The number of urea groups is 1. The third-order valence-electron chi connectivity index (χ3n) is 5.59. The Morgan fingerprint density at radius 3 is 2.55 bits per heavy atom.